The summed E-state index contributed by atoms with van der Waals surface area (Å²) in [5, 5.41) is 9.84. The summed E-state index contributed by atoms with van der Waals surface area (Å²) in [6, 6.07) is 15.2. The molecule has 1 aliphatic heterocycles. The highest BCUT2D eigenvalue weighted by Gasteiger charge is 2.37. The number of aromatic amines is 1. The number of nitrogens with zero attached hydrogens (tertiary/aromatic N) is 3. The van der Waals surface area contributed by atoms with Crippen LogP contribution in [0.2, 0.25) is 0 Å². The lowest BCUT2D eigenvalue weighted by molar-refractivity contribution is 0.356. The molecule has 4 nitrogen and oxygen atoms in total. The zero-order valence-corrected chi connectivity index (χ0v) is 18.7. The summed E-state index contributed by atoms with van der Waals surface area (Å²) in [5.41, 5.74) is 7.44. The first kappa shape index (κ1) is 20.2. The Bertz CT molecular complexity index is 1140. The summed E-state index contributed by atoms with van der Waals surface area (Å²) in [5.74, 6) is 1.09. The minimum Gasteiger partial charge on any atom is -0.364 e. The Labute approximate surface area is 179 Å². The average molecular weight is 399 g/mol. The van der Waals surface area contributed by atoms with Crippen LogP contribution in [0.15, 0.2) is 36.4 Å². The molecule has 0 saturated heterocycles. The molecule has 3 aromatic rings. The summed E-state index contributed by atoms with van der Waals surface area (Å²) in [7, 11) is 0. The Morgan fingerprint density at radius 1 is 1.30 bits per heavy atom. The Morgan fingerprint density at radius 3 is 2.70 bits per heavy atom. The van der Waals surface area contributed by atoms with Crippen LogP contribution in [0.5, 0.6) is 0 Å². The first-order chi connectivity index (χ1) is 14.2. The van der Waals surface area contributed by atoms with E-state index in [1.54, 1.807) is 0 Å². The number of aromatic nitrogens is 2. The third kappa shape index (κ3) is 3.39. The van der Waals surface area contributed by atoms with E-state index in [-0.39, 0.29) is 5.54 Å². The summed E-state index contributed by atoms with van der Waals surface area (Å²) >= 11 is 0. The van der Waals surface area contributed by atoms with Crippen molar-refractivity contribution in [1.82, 2.24) is 9.97 Å². The van der Waals surface area contributed by atoms with Crippen molar-refractivity contribution in [3.8, 4) is 6.07 Å². The molecule has 0 aliphatic carbocycles. The lowest BCUT2D eigenvalue weighted by Crippen LogP contribution is -2.51. The number of imidazole rings is 1. The Hall–Kier alpha value is -3.06. The van der Waals surface area contributed by atoms with Crippen molar-refractivity contribution in [2.24, 2.45) is 0 Å². The van der Waals surface area contributed by atoms with Crippen LogP contribution in [0.3, 0.4) is 0 Å². The number of nitrogens with one attached hydrogen (secondary N) is 1. The van der Waals surface area contributed by atoms with E-state index in [4.69, 9.17) is 0 Å². The average Bonchev–Trinajstić information content (AvgIpc) is 3.09. The highest BCUT2D eigenvalue weighted by molar-refractivity contribution is 5.91. The molecule has 30 heavy (non-hydrogen) atoms. The van der Waals surface area contributed by atoms with Crippen molar-refractivity contribution in [2.75, 3.05) is 4.90 Å². The van der Waals surface area contributed by atoms with Crippen LogP contribution in [0, 0.1) is 18.3 Å². The molecule has 4 rings (SSSR count). The standard InChI is InChI=1S/C26H30N4/c1-16(2)30-24-11-17(3)19(13-21(24)18(4)14-26(30,5)6)12-20(15-27)25-28-22-9-7-8-10-23(22)29-25/h7-13,16,18H,14H2,1-6H3,(H,28,29)/b20-12-. The number of H-pyrrole nitrogens is 1. The van der Waals surface area contributed by atoms with Crippen LogP contribution in [0.1, 0.15) is 69.5 Å². The van der Waals surface area contributed by atoms with Crippen molar-refractivity contribution >= 4 is 28.4 Å². The van der Waals surface area contributed by atoms with Gasteiger partial charge in [-0.25, -0.2) is 4.98 Å². The molecule has 2 aromatic carbocycles. The highest BCUT2D eigenvalue weighted by atomic mass is 15.2. The molecule has 0 spiro atoms. The molecule has 0 amide bonds. The number of hydrogen-bond donors (Lipinski definition) is 1. The first-order valence-corrected chi connectivity index (χ1v) is 10.7. The molecule has 154 valence electrons. The maximum atomic E-state index is 9.84. The number of aryl methyl sites for hydroxylation is 1. The van der Waals surface area contributed by atoms with E-state index in [0.717, 1.165) is 23.0 Å². The third-order valence-corrected chi connectivity index (χ3v) is 6.24. The maximum Gasteiger partial charge on any atom is 0.149 e. The zero-order valence-electron chi connectivity index (χ0n) is 18.7. The van der Waals surface area contributed by atoms with Crippen molar-refractivity contribution < 1.29 is 0 Å². The van der Waals surface area contributed by atoms with E-state index in [9.17, 15) is 5.26 Å². The fourth-order valence-corrected chi connectivity index (χ4v) is 5.14. The van der Waals surface area contributed by atoms with Crippen molar-refractivity contribution in [1.29, 1.82) is 5.26 Å². The summed E-state index contributed by atoms with van der Waals surface area (Å²) in [4.78, 5) is 10.4. The van der Waals surface area contributed by atoms with Gasteiger partial charge in [-0.05, 0) is 94.0 Å². The normalized spacial score (nSPS) is 18.5. The van der Waals surface area contributed by atoms with Gasteiger partial charge in [0.2, 0.25) is 0 Å². The zero-order chi connectivity index (χ0) is 21.6. The van der Waals surface area contributed by atoms with Gasteiger partial charge in [0.25, 0.3) is 0 Å². The van der Waals surface area contributed by atoms with Gasteiger partial charge in [-0.2, -0.15) is 5.26 Å². The number of nitriles is 1. The van der Waals surface area contributed by atoms with Gasteiger partial charge >= 0.3 is 0 Å². The largest absolute Gasteiger partial charge is 0.364 e. The molecule has 2 heterocycles. The molecule has 0 fully saturated rings. The van der Waals surface area contributed by atoms with Crippen LogP contribution in [0.4, 0.5) is 5.69 Å². The number of fused-ring (bicyclic) bond motifs is 2. The summed E-state index contributed by atoms with van der Waals surface area (Å²) in [6.45, 7) is 13.6. The van der Waals surface area contributed by atoms with E-state index in [1.807, 2.05) is 30.3 Å². The second-order valence-electron chi connectivity index (χ2n) is 9.42. The lowest BCUT2D eigenvalue weighted by atomic mass is 9.78. The van der Waals surface area contributed by atoms with Crippen molar-refractivity contribution in [3.63, 3.8) is 0 Å². The Kier molecular flexibility index (Phi) is 4.94. The second kappa shape index (κ2) is 7.32. The number of anilines is 1. The van der Waals surface area contributed by atoms with Crippen LogP contribution in [-0.2, 0) is 0 Å². The van der Waals surface area contributed by atoms with E-state index < -0.39 is 0 Å². The first-order valence-electron chi connectivity index (χ1n) is 10.7. The topological polar surface area (TPSA) is 55.7 Å². The van der Waals surface area contributed by atoms with Crippen LogP contribution < -0.4 is 4.90 Å². The number of allylic oxidation sites excluding steroid dienone is 1. The third-order valence-electron chi connectivity index (χ3n) is 6.24. The monoisotopic (exact) mass is 398 g/mol. The predicted molar refractivity (Wildman–Crippen MR) is 125 cm³/mol. The van der Waals surface area contributed by atoms with Gasteiger partial charge in [0.1, 0.15) is 11.9 Å². The quantitative estimate of drug-likeness (QED) is 0.517. The van der Waals surface area contributed by atoms with Crippen molar-refractivity contribution in [2.45, 2.75) is 65.5 Å². The van der Waals surface area contributed by atoms with Gasteiger partial charge in [-0.15, -0.1) is 0 Å². The lowest BCUT2D eigenvalue weighted by Gasteiger charge is -2.50. The van der Waals surface area contributed by atoms with Crippen LogP contribution in [0.25, 0.3) is 22.7 Å². The van der Waals surface area contributed by atoms with E-state index in [2.05, 4.69) is 74.6 Å². The van der Waals surface area contributed by atoms with Crippen LogP contribution in [-0.4, -0.2) is 21.5 Å². The fraction of sp³-hybridized carbons (Fsp3) is 0.385. The second-order valence-corrected chi connectivity index (χ2v) is 9.42. The molecule has 1 aliphatic rings. The van der Waals surface area contributed by atoms with Crippen molar-refractivity contribution in [3.05, 3.63) is 58.9 Å². The Balaban J connectivity index is 1.82. The molecule has 1 atom stereocenters. The predicted octanol–water partition coefficient (Wildman–Crippen LogP) is 6.44. The highest BCUT2D eigenvalue weighted by Crippen LogP contribution is 2.45. The SMILES string of the molecule is Cc1cc2c(cc1/C=C(/C#N)c1nc3ccccc3[nH]1)C(C)CC(C)(C)N2C(C)C. The number of benzene rings is 2. The van der Waals surface area contributed by atoms with Gasteiger partial charge in [0, 0.05) is 17.3 Å². The summed E-state index contributed by atoms with van der Waals surface area (Å²) < 4.78 is 0. The smallest absolute Gasteiger partial charge is 0.149 e. The molecule has 1 N–H and O–H groups in total. The number of para-hydroxylation sites is 2. The van der Waals surface area contributed by atoms with Gasteiger partial charge in [-0.3, -0.25) is 0 Å². The molecule has 4 heteroatoms. The molecule has 1 unspecified atom stereocenters. The number of rotatable bonds is 3. The molecule has 1 aromatic heterocycles. The molecule has 0 bridgehead atoms. The molecular weight excluding hydrogens is 368 g/mol. The van der Waals surface area contributed by atoms with Gasteiger partial charge in [-0.1, -0.05) is 19.1 Å². The van der Waals surface area contributed by atoms with Crippen LogP contribution >= 0.6 is 0 Å². The Morgan fingerprint density at radius 2 is 2.03 bits per heavy atom. The molecule has 0 radical (unpaired) electrons. The minimum atomic E-state index is 0.121. The molecule has 0 saturated carbocycles. The van der Waals surface area contributed by atoms with E-state index >= 15 is 0 Å². The van der Waals surface area contributed by atoms with Gasteiger partial charge < -0.3 is 9.88 Å². The maximum absolute atomic E-state index is 9.84. The van der Waals surface area contributed by atoms with E-state index in [1.165, 1.54) is 16.8 Å². The van der Waals surface area contributed by atoms with Gasteiger partial charge in [0.05, 0.1) is 16.6 Å². The van der Waals surface area contributed by atoms with Gasteiger partial charge in [0.15, 0.2) is 0 Å². The van der Waals surface area contributed by atoms with E-state index in [0.29, 0.717) is 23.4 Å². The number of hydrogen-bond acceptors (Lipinski definition) is 3. The minimum absolute atomic E-state index is 0.121. The molecular formula is C26H30N4. The summed E-state index contributed by atoms with van der Waals surface area (Å²) in [6.07, 6.45) is 3.08. The fourth-order valence-electron chi connectivity index (χ4n) is 5.14.